The fraction of sp³-hybridized carbons (Fsp3) is 0.600. The summed E-state index contributed by atoms with van der Waals surface area (Å²) in [5.41, 5.74) is 0.939. The molecule has 116 valence electrons. The fourth-order valence-electron chi connectivity index (χ4n) is 3.16. The van der Waals surface area contributed by atoms with Gasteiger partial charge >= 0.3 is 0 Å². The number of hydrogen-bond donors (Lipinski definition) is 0. The Morgan fingerprint density at radius 1 is 1.24 bits per heavy atom. The quantitative estimate of drug-likeness (QED) is 0.856. The zero-order chi connectivity index (χ0) is 14.9. The standard InChI is InChI=1S/C15H20ClNO3S/c16-13-5-3-4-12(10-13)15-11-17(8-9-20-15)21(18,19)14-6-1-2-7-14/h3-5,10,14-15H,1-2,6-9,11H2. The first-order valence-electron chi connectivity index (χ1n) is 7.43. The van der Waals surface area contributed by atoms with E-state index in [9.17, 15) is 8.42 Å². The minimum atomic E-state index is -3.19. The molecule has 1 heterocycles. The Balaban J connectivity index is 1.76. The SMILES string of the molecule is O=S(=O)(C1CCCC1)N1CCOC(c2cccc(Cl)c2)C1. The van der Waals surface area contributed by atoms with Crippen LogP contribution in [0.5, 0.6) is 0 Å². The normalized spacial score (nSPS) is 25.3. The third-order valence-corrected chi connectivity index (χ3v) is 6.93. The lowest BCUT2D eigenvalue weighted by atomic mass is 10.1. The summed E-state index contributed by atoms with van der Waals surface area (Å²) in [4.78, 5) is 0. The van der Waals surface area contributed by atoms with E-state index >= 15 is 0 Å². The fourth-order valence-corrected chi connectivity index (χ4v) is 5.38. The van der Waals surface area contributed by atoms with E-state index in [1.165, 1.54) is 0 Å². The van der Waals surface area contributed by atoms with E-state index in [-0.39, 0.29) is 11.4 Å². The Labute approximate surface area is 131 Å². The van der Waals surface area contributed by atoms with E-state index in [2.05, 4.69) is 0 Å². The van der Waals surface area contributed by atoms with Gasteiger partial charge in [0.05, 0.1) is 18.0 Å². The van der Waals surface area contributed by atoms with Crippen molar-refractivity contribution in [3.8, 4) is 0 Å². The lowest BCUT2D eigenvalue weighted by Gasteiger charge is -2.34. The highest BCUT2D eigenvalue weighted by Crippen LogP contribution is 2.31. The molecule has 0 spiro atoms. The smallest absolute Gasteiger partial charge is 0.217 e. The van der Waals surface area contributed by atoms with Crippen LogP contribution in [0.25, 0.3) is 0 Å². The predicted molar refractivity (Wildman–Crippen MR) is 82.9 cm³/mol. The van der Waals surface area contributed by atoms with Crippen LogP contribution in [0.3, 0.4) is 0 Å². The van der Waals surface area contributed by atoms with Crippen molar-refractivity contribution >= 4 is 21.6 Å². The molecular weight excluding hydrogens is 310 g/mol. The van der Waals surface area contributed by atoms with Gasteiger partial charge in [-0.05, 0) is 30.5 Å². The highest BCUT2D eigenvalue weighted by Gasteiger charge is 2.37. The van der Waals surface area contributed by atoms with Gasteiger partial charge in [-0.3, -0.25) is 0 Å². The molecule has 0 N–H and O–H groups in total. The maximum atomic E-state index is 12.7. The molecule has 0 bridgehead atoms. The average Bonchev–Trinajstić information content (AvgIpc) is 3.02. The van der Waals surface area contributed by atoms with E-state index in [1.54, 1.807) is 10.4 Å². The van der Waals surface area contributed by atoms with Crippen LogP contribution in [-0.2, 0) is 14.8 Å². The van der Waals surface area contributed by atoms with Crippen molar-refractivity contribution in [2.75, 3.05) is 19.7 Å². The summed E-state index contributed by atoms with van der Waals surface area (Å²) in [6, 6.07) is 7.45. The van der Waals surface area contributed by atoms with Gasteiger partial charge in [-0.25, -0.2) is 8.42 Å². The molecular formula is C15H20ClNO3S. The lowest BCUT2D eigenvalue weighted by molar-refractivity contribution is -0.00282. The van der Waals surface area contributed by atoms with Gasteiger partial charge in [0.15, 0.2) is 0 Å². The highest BCUT2D eigenvalue weighted by atomic mass is 35.5. The lowest BCUT2D eigenvalue weighted by Crippen LogP contribution is -2.45. The molecule has 2 aliphatic rings. The molecule has 1 saturated carbocycles. The summed E-state index contributed by atoms with van der Waals surface area (Å²) < 4.78 is 32.7. The maximum Gasteiger partial charge on any atom is 0.217 e. The predicted octanol–water partition coefficient (Wildman–Crippen LogP) is 2.99. The van der Waals surface area contributed by atoms with Crippen molar-refractivity contribution in [3.63, 3.8) is 0 Å². The Hall–Kier alpha value is -0.620. The molecule has 1 saturated heterocycles. The topological polar surface area (TPSA) is 46.6 Å². The zero-order valence-corrected chi connectivity index (χ0v) is 13.4. The molecule has 4 nitrogen and oxygen atoms in total. The van der Waals surface area contributed by atoms with Crippen LogP contribution >= 0.6 is 11.6 Å². The summed E-state index contributed by atoms with van der Waals surface area (Å²) in [6.07, 6.45) is 3.40. The Morgan fingerprint density at radius 3 is 2.71 bits per heavy atom. The van der Waals surface area contributed by atoms with E-state index in [4.69, 9.17) is 16.3 Å². The summed E-state index contributed by atoms with van der Waals surface area (Å²) >= 11 is 6.01. The molecule has 21 heavy (non-hydrogen) atoms. The maximum absolute atomic E-state index is 12.7. The van der Waals surface area contributed by atoms with Gasteiger partial charge in [-0.15, -0.1) is 0 Å². The number of rotatable bonds is 3. The first-order valence-corrected chi connectivity index (χ1v) is 9.31. The molecule has 1 unspecified atom stereocenters. The van der Waals surface area contributed by atoms with Crippen molar-refractivity contribution < 1.29 is 13.2 Å². The van der Waals surface area contributed by atoms with Crippen molar-refractivity contribution in [2.45, 2.75) is 37.0 Å². The minimum absolute atomic E-state index is 0.199. The second-order valence-electron chi connectivity index (χ2n) is 5.72. The second-order valence-corrected chi connectivity index (χ2v) is 8.37. The van der Waals surface area contributed by atoms with Crippen LogP contribution in [-0.4, -0.2) is 37.7 Å². The number of hydrogen-bond acceptors (Lipinski definition) is 3. The summed E-state index contributed by atoms with van der Waals surface area (Å²) in [5, 5.41) is 0.447. The van der Waals surface area contributed by atoms with E-state index < -0.39 is 10.0 Å². The molecule has 2 fully saturated rings. The number of ether oxygens (including phenoxy) is 1. The van der Waals surface area contributed by atoms with E-state index in [0.717, 1.165) is 31.2 Å². The molecule has 0 radical (unpaired) electrons. The van der Waals surface area contributed by atoms with Crippen molar-refractivity contribution in [1.82, 2.24) is 4.31 Å². The number of nitrogens with zero attached hydrogens (tertiary/aromatic N) is 1. The number of benzene rings is 1. The Bertz CT molecular complexity index is 599. The zero-order valence-electron chi connectivity index (χ0n) is 11.9. The van der Waals surface area contributed by atoms with Gasteiger partial charge in [-0.1, -0.05) is 36.6 Å². The first-order chi connectivity index (χ1) is 10.1. The Morgan fingerprint density at radius 2 is 2.00 bits per heavy atom. The van der Waals surface area contributed by atoms with Crippen molar-refractivity contribution in [3.05, 3.63) is 34.9 Å². The molecule has 1 aliphatic heterocycles. The van der Waals surface area contributed by atoms with Gasteiger partial charge in [-0.2, -0.15) is 4.31 Å². The number of morpholine rings is 1. The molecule has 1 aliphatic carbocycles. The molecule has 0 amide bonds. The van der Waals surface area contributed by atoms with Crippen LogP contribution in [0.15, 0.2) is 24.3 Å². The summed E-state index contributed by atoms with van der Waals surface area (Å²) in [5.74, 6) is 0. The molecule has 0 aromatic heterocycles. The summed E-state index contributed by atoms with van der Waals surface area (Å²) in [7, 11) is -3.19. The van der Waals surface area contributed by atoms with Gasteiger partial charge < -0.3 is 4.74 Å². The average molecular weight is 330 g/mol. The molecule has 1 atom stereocenters. The molecule has 1 aromatic carbocycles. The van der Waals surface area contributed by atoms with Gasteiger partial charge in [0.2, 0.25) is 10.0 Å². The van der Waals surface area contributed by atoms with Crippen LogP contribution in [0, 0.1) is 0 Å². The minimum Gasteiger partial charge on any atom is -0.371 e. The van der Waals surface area contributed by atoms with E-state index in [1.807, 2.05) is 18.2 Å². The second kappa shape index (κ2) is 6.24. The van der Waals surface area contributed by atoms with Crippen LogP contribution in [0.2, 0.25) is 5.02 Å². The largest absolute Gasteiger partial charge is 0.371 e. The van der Waals surface area contributed by atoms with Gasteiger partial charge in [0, 0.05) is 18.1 Å². The van der Waals surface area contributed by atoms with Crippen molar-refractivity contribution in [2.24, 2.45) is 0 Å². The van der Waals surface area contributed by atoms with Gasteiger partial charge in [0.25, 0.3) is 0 Å². The first kappa shape index (κ1) is 15.3. The van der Waals surface area contributed by atoms with Crippen LogP contribution in [0.4, 0.5) is 0 Å². The van der Waals surface area contributed by atoms with E-state index in [0.29, 0.717) is 24.7 Å². The van der Waals surface area contributed by atoms with Crippen molar-refractivity contribution in [1.29, 1.82) is 0 Å². The number of sulfonamides is 1. The monoisotopic (exact) mass is 329 g/mol. The third-order valence-electron chi connectivity index (χ3n) is 4.33. The molecule has 6 heteroatoms. The molecule has 3 rings (SSSR count). The molecule has 1 aromatic rings. The number of halogens is 1. The van der Waals surface area contributed by atoms with Crippen LogP contribution < -0.4 is 0 Å². The third kappa shape index (κ3) is 3.26. The summed E-state index contributed by atoms with van der Waals surface area (Å²) in [6.45, 7) is 1.28. The highest BCUT2D eigenvalue weighted by molar-refractivity contribution is 7.89. The van der Waals surface area contributed by atoms with Gasteiger partial charge in [0.1, 0.15) is 0 Å². The van der Waals surface area contributed by atoms with Crippen LogP contribution in [0.1, 0.15) is 37.4 Å². The Kier molecular flexibility index (Phi) is 4.54.